The van der Waals surface area contributed by atoms with E-state index in [0.717, 1.165) is 36.7 Å². The number of nitriles is 1. The molecule has 2 atom stereocenters. The van der Waals surface area contributed by atoms with Gasteiger partial charge in [0, 0.05) is 18.3 Å². The molecule has 92 valence electrons. The number of aromatic nitrogens is 1. The van der Waals surface area contributed by atoms with Gasteiger partial charge in [0.25, 0.3) is 0 Å². The number of anilines is 1. The highest BCUT2D eigenvalue weighted by molar-refractivity contribution is 5.58. The van der Waals surface area contributed by atoms with Gasteiger partial charge in [-0.3, -0.25) is 0 Å². The highest BCUT2D eigenvalue weighted by Crippen LogP contribution is 2.41. The van der Waals surface area contributed by atoms with Crippen LogP contribution in [0.2, 0.25) is 0 Å². The quantitative estimate of drug-likeness (QED) is 0.755. The lowest BCUT2D eigenvalue weighted by molar-refractivity contribution is 0.549. The molecule has 1 aliphatic heterocycles. The Morgan fingerprint density at radius 1 is 1.33 bits per heavy atom. The number of rotatable bonds is 1. The zero-order valence-corrected chi connectivity index (χ0v) is 10.5. The molecular weight excluding hydrogens is 222 g/mol. The molecule has 2 aliphatic carbocycles. The lowest BCUT2D eigenvalue weighted by Gasteiger charge is -2.29. The third-order valence-corrected chi connectivity index (χ3v) is 4.83. The van der Waals surface area contributed by atoms with Gasteiger partial charge in [-0.25, -0.2) is 4.98 Å². The van der Waals surface area contributed by atoms with Crippen LogP contribution in [0.25, 0.3) is 0 Å². The van der Waals surface area contributed by atoms with Crippen LogP contribution in [-0.4, -0.2) is 17.6 Å². The molecule has 0 spiro atoms. The van der Waals surface area contributed by atoms with E-state index in [9.17, 15) is 5.26 Å². The van der Waals surface area contributed by atoms with E-state index in [1.54, 1.807) is 0 Å². The van der Waals surface area contributed by atoms with Crippen LogP contribution in [0, 0.1) is 17.2 Å². The number of piperidine rings is 1. The molecule has 4 rings (SSSR count). The van der Waals surface area contributed by atoms with Gasteiger partial charge in [-0.1, -0.05) is 0 Å². The summed E-state index contributed by atoms with van der Waals surface area (Å²) in [6.45, 7) is 1.12. The maximum atomic E-state index is 9.36. The van der Waals surface area contributed by atoms with Crippen LogP contribution < -0.4 is 4.90 Å². The summed E-state index contributed by atoms with van der Waals surface area (Å²) in [6.07, 6.45) is 7.36. The molecule has 3 aliphatic rings. The molecule has 18 heavy (non-hydrogen) atoms. The monoisotopic (exact) mass is 239 g/mol. The first-order chi connectivity index (χ1) is 8.85. The van der Waals surface area contributed by atoms with E-state index in [1.165, 1.54) is 36.9 Å². The lowest BCUT2D eigenvalue weighted by atomic mass is 10.1. The van der Waals surface area contributed by atoms with Gasteiger partial charge in [0.15, 0.2) is 0 Å². The normalized spacial score (nSPS) is 28.5. The topological polar surface area (TPSA) is 39.9 Å². The molecule has 3 heteroatoms. The Labute approximate surface area is 107 Å². The van der Waals surface area contributed by atoms with Gasteiger partial charge in [0.2, 0.25) is 0 Å². The van der Waals surface area contributed by atoms with Crippen LogP contribution in [0.4, 0.5) is 5.82 Å². The highest BCUT2D eigenvalue weighted by atomic mass is 15.2. The molecule has 3 nitrogen and oxygen atoms in total. The van der Waals surface area contributed by atoms with Crippen molar-refractivity contribution in [3.05, 3.63) is 22.9 Å². The summed E-state index contributed by atoms with van der Waals surface area (Å²) in [5.74, 6) is 1.82. The molecule has 2 heterocycles. The van der Waals surface area contributed by atoms with E-state index in [-0.39, 0.29) is 0 Å². The van der Waals surface area contributed by atoms with Gasteiger partial charge in [-0.15, -0.1) is 0 Å². The van der Waals surface area contributed by atoms with Crippen LogP contribution in [0.3, 0.4) is 0 Å². The van der Waals surface area contributed by atoms with Crippen molar-refractivity contribution in [2.45, 2.75) is 44.6 Å². The molecule has 0 aromatic carbocycles. The highest BCUT2D eigenvalue weighted by Gasteiger charge is 2.39. The summed E-state index contributed by atoms with van der Waals surface area (Å²) in [5, 5.41) is 9.36. The average Bonchev–Trinajstić information content (AvgIpc) is 3.12. The summed E-state index contributed by atoms with van der Waals surface area (Å²) in [6, 6.07) is 5.10. The molecule has 2 unspecified atom stereocenters. The van der Waals surface area contributed by atoms with E-state index in [4.69, 9.17) is 4.98 Å². The van der Waals surface area contributed by atoms with Crippen molar-refractivity contribution in [1.29, 1.82) is 5.26 Å². The second-order valence-electron chi connectivity index (χ2n) is 5.92. The first-order valence-corrected chi connectivity index (χ1v) is 7.04. The van der Waals surface area contributed by atoms with E-state index >= 15 is 0 Å². The summed E-state index contributed by atoms with van der Waals surface area (Å²) >= 11 is 0. The third kappa shape index (κ3) is 1.38. The summed E-state index contributed by atoms with van der Waals surface area (Å²) < 4.78 is 0. The van der Waals surface area contributed by atoms with Crippen LogP contribution in [0.5, 0.6) is 0 Å². The van der Waals surface area contributed by atoms with E-state index in [2.05, 4.69) is 17.0 Å². The lowest BCUT2D eigenvalue weighted by Crippen LogP contribution is -2.33. The number of aryl methyl sites for hydroxylation is 2. The predicted molar refractivity (Wildman–Crippen MR) is 69.5 cm³/mol. The van der Waals surface area contributed by atoms with Crippen LogP contribution in [0.1, 0.15) is 42.5 Å². The molecule has 1 aromatic rings. The number of fused-ring (bicyclic) bond motifs is 3. The molecule has 2 bridgehead atoms. The summed E-state index contributed by atoms with van der Waals surface area (Å²) in [4.78, 5) is 7.24. The molecular formula is C15H17N3. The number of hydrogen-bond acceptors (Lipinski definition) is 3. The van der Waals surface area contributed by atoms with Crippen molar-refractivity contribution in [3.8, 4) is 6.07 Å². The smallest absolute Gasteiger partial charge is 0.147 e. The van der Waals surface area contributed by atoms with Gasteiger partial charge in [-0.2, -0.15) is 5.26 Å². The molecule has 2 fully saturated rings. The predicted octanol–water partition coefficient (Wildman–Crippen LogP) is 2.43. The standard InChI is InChI=1S/C15H17N3/c16-8-12-7-11-2-1-3-14(11)17-15(12)18-9-10-4-5-13(18)6-10/h7,10,13H,1-6,9H2. The van der Waals surface area contributed by atoms with Gasteiger partial charge in [0.1, 0.15) is 11.9 Å². The zero-order valence-electron chi connectivity index (χ0n) is 10.5. The fourth-order valence-corrected chi connectivity index (χ4v) is 3.95. The van der Waals surface area contributed by atoms with Crippen molar-refractivity contribution < 1.29 is 0 Å². The maximum Gasteiger partial charge on any atom is 0.147 e. The minimum atomic E-state index is 0.647. The zero-order chi connectivity index (χ0) is 12.1. The van der Waals surface area contributed by atoms with E-state index < -0.39 is 0 Å². The van der Waals surface area contributed by atoms with Crippen LogP contribution >= 0.6 is 0 Å². The SMILES string of the molecule is N#Cc1cc2c(nc1N1CC3CCC1C3)CCC2. The van der Waals surface area contributed by atoms with Gasteiger partial charge in [0.05, 0.1) is 5.56 Å². The Morgan fingerprint density at radius 2 is 2.28 bits per heavy atom. The van der Waals surface area contributed by atoms with Gasteiger partial charge < -0.3 is 4.90 Å². The third-order valence-electron chi connectivity index (χ3n) is 4.83. The fourth-order valence-electron chi connectivity index (χ4n) is 3.95. The van der Waals surface area contributed by atoms with Crippen LogP contribution in [0.15, 0.2) is 6.07 Å². The first-order valence-electron chi connectivity index (χ1n) is 7.04. The number of nitrogens with zero attached hydrogens (tertiary/aromatic N) is 3. The van der Waals surface area contributed by atoms with Crippen molar-refractivity contribution in [3.63, 3.8) is 0 Å². The van der Waals surface area contributed by atoms with Crippen molar-refractivity contribution >= 4 is 5.82 Å². The van der Waals surface area contributed by atoms with E-state index in [1.807, 2.05) is 0 Å². The van der Waals surface area contributed by atoms with Gasteiger partial charge >= 0.3 is 0 Å². The molecule has 1 saturated carbocycles. The number of hydrogen-bond donors (Lipinski definition) is 0. The molecule has 0 radical (unpaired) electrons. The van der Waals surface area contributed by atoms with E-state index in [0.29, 0.717) is 6.04 Å². The fraction of sp³-hybridized carbons (Fsp3) is 0.600. The van der Waals surface area contributed by atoms with Crippen LogP contribution in [-0.2, 0) is 12.8 Å². The Bertz CT molecular complexity index is 543. The minimum absolute atomic E-state index is 0.647. The molecule has 1 saturated heterocycles. The molecule has 1 aromatic heterocycles. The summed E-state index contributed by atoms with van der Waals surface area (Å²) in [7, 11) is 0. The van der Waals surface area contributed by atoms with Crippen molar-refractivity contribution in [1.82, 2.24) is 4.98 Å². The Kier molecular flexibility index (Phi) is 2.14. The maximum absolute atomic E-state index is 9.36. The Hall–Kier alpha value is -1.56. The second kappa shape index (κ2) is 3.71. The molecule has 0 N–H and O–H groups in total. The average molecular weight is 239 g/mol. The van der Waals surface area contributed by atoms with Crippen molar-refractivity contribution in [2.24, 2.45) is 5.92 Å². The Morgan fingerprint density at radius 3 is 3.00 bits per heavy atom. The second-order valence-corrected chi connectivity index (χ2v) is 5.92. The minimum Gasteiger partial charge on any atom is -0.352 e. The van der Waals surface area contributed by atoms with Crippen molar-refractivity contribution in [2.75, 3.05) is 11.4 Å². The largest absolute Gasteiger partial charge is 0.352 e. The first kappa shape index (κ1) is 10.4. The summed E-state index contributed by atoms with van der Waals surface area (Å²) in [5.41, 5.74) is 3.34. The van der Waals surface area contributed by atoms with Gasteiger partial charge in [-0.05, 0) is 56.1 Å². The Balaban J connectivity index is 1.78. The molecule has 0 amide bonds. The number of pyridine rings is 1.